The standard InChI is InChI=1S/C27H42O2/c1-18(2)6-5-7-19(3)23-10-11-24-22-9-8-20-16-21(29)12-15-27(20,17-28)25(22)13-14-26(23,24)4/h9,16,18-19,23-25,28H,5-8,10-15,17H2,1-4H3/t19-,23-,24+,25+,26-,27-/m1/s1. The lowest BCUT2D eigenvalue weighted by Crippen LogP contribution is -2.48. The predicted octanol–water partition coefficient (Wildman–Crippen LogP) is 6.49. The highest BCUT2D eigenvalue weighted by Gasteiger charge is 2.58. The van der Waals surface area contributed by atoms with Crippen molar-refractivity contribution in [3.05, 3.63) is 23.3 Å². The average molecular weight is 399 g/mol. The molecule has 4 rings (SSSR count). The molecular weight excluding hydrogens is 356 g/mol. The molecule has 0 aromatic rings. The maximum Gasteiger partial charge on any atom is 0.155 e. The van der Waals surface area contributed by atoms with E-state index < -0.39 is 0 Å². The van der Waals surface area contributed by atoms with Gasteiger partial charge in [0, 0.05) is 11.8 Å². The van der Waals surface area contributed by atoms with Gasteiger partial charge in [-0.25, -0.2) is 0 Å². The molecule has 162 valence electrons. The second-order valence-corrected chi connectivity index (χ2v) is 11.5. The van der Waals surface area contributed by atoms with Gasteiger partial charge in [-0.3, -0.25) is 4.79 Å². The maximum atomic E-state index is 12.0. The summed E-state index contributed by atoms with van der Waals surface area (Å²) in [6.07, 6.45) is 16.0. The molecule has 2 nitrogen and oxygen atoms in total. The average Bonchev–Trinajstić information content (AvgIpc) is 3.04. The van der Waals surface area contributed by atoms with Crippen molar-refractivity contribution in [1.82, 2.24) is 0 Å². The SMILES string of the molecule is CC(C)CCC[C@@H](C)[C@H]1CC[C@H]2C3=CCC4=CC(=O)CC[C@]4(CO)[C@H]3CC[C@]12C. The summed E-state index contributed by atoms with van der Waals surface area (Å²) in [6, 6.07) is 0. The fraction of sp³-hybridized carbons (Fsp3) is 0.815. The first-order valence-electron chi connectivity index (χ1n) is 12.4. The molecule has 0 heterocycles. The molecule has 0 spiro atoms. The lowest BCUT2D eigenvalue weighted by atomic mass is 9.49. The summed E-state index contributed by atoms with van der Waals surface area (Å²) in [5.41, 5.74) is 3.18. The summed E-state index contributed by atoms with van der Waals surface area (Å²) >= 11 is 0. The van der Waals surface area contributed by atoms with Gasteiger partial charge >= 0.3 is 0 Å². The molecule has 1 N–H and O–H groups in total. The Morgan fingerprint density at radius 1 is 1.10 bits per heavy atom. The quantitative estimate of drug-likeness (QED) is 0.519. The van der Waals surface area contributed by atoms with Crippen molar-refractivity contribution in [1.29, 1.82) is 0 Å². The number of hydrogen-bond donors (Lipinski definition) is 1. The molecule has 4 aliphatic rings. The highest BCUT2D eigenvalue weighted by atomic mass is 16.3. The number of carbonyl (C=O) groups is 1. The fourth-order valence-corrected chi connectivity index (χ4v) is 8.00. The number of fused-ring (bicyclic) bond motifs is 5. The van der Waals surface area contributed by atoms with E-state index in [1.54, 1.807) is 5.57 Å². The minimum absolute atomic E-state index is 0.139. The second kappa shape index (κ2) is 7.98. The molecule has 29 heavy (non-hydrogen) atoms. The number of allylic oxidation sites excluding steroid dienone is 3. The van der Waals surface area contributed by atoms with Crippen LogP contribution in [0.4, 0.5) is 0 Å². The Labute approximate surface area is 178 Å². The summed E-state index contributed by atoms with van der Waals surface area (Å²) in [5, 5.41) is 10.5. The van der Waals surface area contributed by atoms with Crippen LogP contribution in [0.2, 0.25) is 0 Å². The molecule has 0 unspecified atom stereocenters. The predicted molar refractivity (Wildman–Crippen MR) is 119 cm³/mol. The van der Waals surface area contributed by atoms with E-state index in [-0.39, 0.29) is 17.8 Å². The van der Waals surface area contributed by atoms with Crippen LogP contribution in [0.15, 0.2) is 23.3 Å². The second-order valence-electron chi connectivity index (χ2n) is 11.5. The molecule has 0 amide bonds. The number of ketones is 1. The van der Waals surface area contributed by atoms with E-state index >= 15 is 0 Å². The maximum absolute atomic E-state index is 12.0. The van der Waals surface area contributed by atoms with Gasteiger partial charge in [0.15, 0.2) is 5.78 Å². The molecule has 0 saturated heterocycles. The summed E-state index contributed by atoms with van der Waals surface area (Å²) in [7, 11) is 0. The number of aliphatic hydroxyl groups is 1. The van der Waals surface area contributed by atoms with E-state index in [0.717, 1.165) is 30.6 Å². The summed E-state index contributed by atoms with van der Waals surface area (Å²) in [4.78, 5) is 12.0. The van der Waals surface area contributed by atoms with Crippen LogP contribution < -0.4 is 0 Å². The lowest BCUT2D eigenvalue weighted by Gasteiger charge is -2.55. The number of carbonyl (C=O) groups excluding carboxylic acids is 1. The van der Waals surface area contributed by atoms with E-state index in [0.29, 0.717) is 23.7 Å². The zero-order valence-corrected chi connectivity index (χ0v) is 19.2. The first kappa shape index (κ1) is 21.3. The van der Waals surface area contributed by atoms with Crippen molar-refractivity contribution in [3.8, 4) is 0 Å². The van der Waals surface area contributed by atoms with Gasteiger partial charge in [0.25, 0.3) is 0 Å². The van der Waals surface area contributed by atoms with E-state index in [1.165, 1.54) is 50.5 Å². The van der Waals surface area contributed by atoms with Crippen LogP contribution in [0.1, 0.15) is 91.9 Å². The Bertz CT molecular complexity index is 701. The molecule has 0 aliphatic heterocycles. The molecular formula is C27H42O2. The van der Waals surface area contributed by atoms with Crippen molar-refractivity contribution in [2.75, 3.05) is 6.61 Å². The third-order valence-corrected chi connectivity index (χ3v) is 9.61. The van der Waals surface area contributed by atoms with Crippen LogP contribution in [0.25, 0.3) is 0 Å². The molecule has 2 heteroatoms. The van der Waals surface area contributed by atoms with E-state index in [9.17, 15) is 9.90 Å². The first-order valence-corrected chi connectivity index (χ1v) is 12.4. The minimum atomic E-state index is -0.139. The molecule has 2 saturated carbocycles. The highest BCUT2D eigenvalue weighted by molar-refractivity contribution is 5.91. The van der Waals surface area contributed by atoms with Crippen LogP contribution in [0.5, 0.6) is 0 Å². The van der Waals surface area contributed by atoms with Crippen LogP contribution in [-0.4, -0.2) is 17.5 Å². The third kappa shape index (κ3) is 3.48. The van der Waals surface area contributed by atoms with Gasteiger partial charge in [-0.2, -0.15) is 0 Å². The van der Waals surface area contributed by atoms with Crippen molar-refractivity contribution in [2.45, 2.75) is 91.9 Å². The van der Waals surface area contributed by atoms with Gasteiger partial charge < -0.3 is 5.11 Å². The molecule has 6 atom stereocenters. The molecule has 0 bridgehead atoms. The minimum Gasteiger partial charge on any atom is -0.395 e. The molecule has 0 radical (unpaired) electrons. The Kier molecular flexibility index (Phi) is 5.88. The van der Waals surface area contributed by atoms with Crippen molar-refractivity contribution >= 4 is 5.78 Å². The molecule has 0 aromatic carbocycles. The van der Waals surface area contributed by atoms with Crippen molar-refractivity contribution in [2.24, 2.45) is 40.4 Å². The van der Waals surface area contributed by atoms with Crippen LogP contribution in [0, 0.1) is 40.4 Å². The molecule has 2 fully saturated rings. The fourth-order valence-electron chi connectivity index (χ4n) is 8.00. The Balaban J connectivity index is 1.56. The first-order chi connectivity index (χ1) is 13.8. The Morgan fingerprint density at radius 2 is 1.90 bits per heavy atom. The normalized spacial score (nSPS) is 40.1. The summed E-state index contributed by atoms with van der Waals surface area (Å²) in [5.74, 6) is 3.90. The zero-order chi connectivity index (χ0) is 20.8. The largest absolute Gasteiger partial charge is 0.395 e. The summed E-state index contributed by atoms with van der Waals surface area (Å²) in [6.45, 7) is 10.0. The van der Waals surface area contributed by atoms with Gasteiger partial charge in [-0.05, 0) is 79.6 Å². The Morgan fingerprint density at radius 3 is 2.62 bits per heavy atom. The van der Waals surface area contributed by atoms with Gasteiger partial charge in [0.2, 0.25) is 0 Å². The monoisotopic (exact) mass is 398 g/mol. The van der Waals surface area contributed by atoms with Gasteiger partial charge in [-0.1, -0.05) is 64.2 Å². The van der Waals surface area contributed by atoms with E-state index in [1.807, 2.05) is 6.08 Å². The number of rotatable bonds is 6. The van der Waals surface area contributed by atoms with E-state index in [4.69, 9.17) is 0 Å². The van der Waals surface area contributed by atoms with Gasteiger partial charge in [0.05, 0.1) is 6.61 Å². The molecule has 4 aliphatic carbocycles. The smallest absolute Gasteiger partial charge is 0.155 e. The number of hydrogen-bond acceptors (Lipinski definition) is 2. The third-order valence-electron chi connectivity index (χ3n) is 9.61. The van der Waals surface area contributed by atoms with Crippen molar-refractivity contribution in [3.63, 3.8) is 0 Å². The van der Waals surface area contributed by atoms with Crippen molar-refractivity contribution < 1.29 is 9.90 Å². The van der Waals surface area contributed by atoms with Crippen LogP contribution in [-0.2, 0) is 4.79 Å². The zero-order valence-electron chi connectivity index (χ0n) is 19.2. The van der Waals surface area contributed by atoms with Crippen LogP contribution in [0.3, 0.4) is 0 Å². The summed E-state index contributed by atoms with van der Waals surface area (Å²) < 4.78 is 0. The van der Waals surface area contributed by atoms with Crippen LogP contribution >= 0.6 is 0 Å². The van der Waals surface area contributed by atoms with Gasteiger partial charge in [-0.15, -0.1) is 0 Å². The molecule has 0 aromatic heterocycles. The Hall–Kier alpha value is -0.890. The topological polar surface area (TPSA) is 37.3 Å². The van der Waals surface area contributed by atoms with Gasteiger partial charge in [0.1, 0.15) is 0 Å². The van der Waals surface area contributed by atoms with E-state index in [2.05, 4.69) is 33.8 Å². The lowest BCUT2D eigenvalue weighted by molar-refractivity contribution is -0.116. The number of aliphatic hydroxyl groups excluding tert-OH is 1. The highest BCUT2D eigenvalue weighted by Crippen LogP contribution is 2.66.